The summed E-state index contributed by atoms with van der Waals surface area (Å²) in [4.78, 5) is 18.0. The molecule has 0 bridgehead atoms. The molecule has 1 N–H and O–H groups in total. The first-order valence-corrected chi connectivity index (χ1v) is 7.17. The topological polar surface area (TPSA) is 71.0 Å². The number of rotatable bonds is 3. The lowest BCUT2D eigenvalue weighted by Gasteiger charge is -2.33. The second-order valence-corrected chi connectivity index (χ2v) is 5.20. The fourth-order valence-electron chi connectivity index (χ4n) is 2.53. The molecule has 2 aromatic heterocycles. The van der Waals surface area contributed by atoms with Crippen molar-refractivity contribution in [3.63, 3.8) is 0 Å². The maximum Gasteiger partial charge on any atom is 0.270 e. The van der Waals surface area contributed by atoms with E-state index in [9.17, 15) is 9.18 Å². The molecule has 6 nitrogen and oxygen atoms in total. The Kier molecular flexibility index (Phi) is 4.22. The number of anilines is 1. The van der Waals surface area contributed by atoms with E-state index in [4.69, 9.17) is 0 Å². The summed E-state index contributed by atoms with van der Waals surface area (Å²) in [6.45, 7) is 1.56. The molecule has 3 rings (SSSR count). The molecule has 1 fully saturated rings. The van der Waals surface area contributed by atoms with E-state index in [1.807, 2.05) is 12.1 Å². The van der Waals surface area contributed by atoms with Crippen LogP contribution >= 0.6 is 0 Å². The number of halogens is 1. The van der Waals surface area contributed by atoms with Crippen LogP contribution in [0.15, 0.2) is 36.7 Å². The van der Waals surface area contributed by atoms with Gasteiger partial charge in [-0.2, -0.15) is 5.10 Å². The third kappa shape index (κ3) is 3.36. The number of hydrogen-bond acceptors (Lipinski definition) is 5. The van der Waals surface area contributed by atoms with E-state index >= 15 is 0 Å². The van der Waals surface area contributed by atoms with Crippen LogP contribution in [0, 0.1) is 5.82 Å². The number of hydrogen-bond donors (Lipinski definition) is 1. The molecular weight excluding hydrogens is 285 g/mol. The monoisotopic (exact) mass is 301 g/mol. The molecule has 114 valence electrons. The Hall–Kier alpha value is -2.57. The van der Waals surface area contributed by atoms with E-state index in [2.05, 4.69) is 25.4 Å². The predicted octanol–water partition coefficient (Wildman–Crippen LogP) is 1.41. The number of amides is 1. The second kappa shape index (κ2) is 6.46. The van der Waals surface area contributed by atoms with E-state index in [1.165, 1.54) is 12.1 Å². The highest BCUT2D eigenvalue weighted by atomic mass is 19.1. The van der Waals surface area contributed by atoms with Crippen molar-refractivity contribution in [3.05, 3.63) is 48.2 Å². The summed E-state index contributed by atoms with van der Waals surface area (Å²) >= 11 is 0. The van der Waals surface area contributed by atoms with Gasteiger partial charge in [-0.15, -0.1) is 5.10 Å². The molecule has 22 heavy (non-hydrogen) atoms. The summed E-state index contributed by atoms with van der Waals surface area (Å²) in [5.41, 5.74) is 0.220. The molecule has 0 saturated carbocycles. The van der Waals surface area contributed by atoms with E-state index in [1.54, 1.807) is 6.20 Å². The van der Waals surface area contributed by atoms with E-state index in [0.29, 0.717) is 6.54 Å². The molecule has 3 heterocycles. The number of carbonyl (C=O) groups excluding carboxylic acids is 1. The molecule has 2 aromatic rings. The Labute approximate surface area is 127 Å². The van der Waals surface area contributed by atoms with Crippen molar-refractivity contribution in [3.8, 4) is 0 Å². The van der Waals surface area contributed by atoms with Gasteiger partial charge in [0, 0.05) is 25.3 Å². The summed E-state index contributed by atoms with van der Waals surface area (Å²) < 4.78 is 12.8. The zero-order valence-corrected chi connectivity index (χ0v) is 11.9. The lowest BCUT2D eigenvalue weighted by Crippen LogP contribution is -2.48. The second-order valence-electron chi connectivity index (χ2n) is 5.20. The average molecular weight is 301 g/mol. The zero-order chi connectivity index (χ0) is 15.4. The van der Waals surface area contributed by atoms with Gasteiger partial charge >= 0.3 is 0 Å². The highest BCUT2D eigenvalue weighted by molar-refractivity contribution is 5.92. The van der Waals surface area contributed by atoms with Crippen LogP contribution in [0.5, 0.6) is 0 Å². The van der Waals surface area contributed by atoms with Gasteiger partial charge < -0.3 is 10.2 Å². The van der Waals surface area contributed by atoms with Crippen molar-refractivity contribution in [2.75, 3.05) is 18.0 Å². The quantitative estimate of drug-likeness (QED) is 0.928. The summed E-state index contributed by atoms with van der Waals surface area (Å²) in [6, 6.07) is 6.36. The van der Waals surface area contributed by atoms with Gasteiger partial charge in [0.25, 0.3) is 5.91 Å². The normalized spacial score (nSPS) is 18.0. The molecule has 0 aromatic carbocycles. The van der Waals surface area contributed by atoms with Crippen LogP contribution in [0.2, 0.25) is 0 Å². The first-order valence-electron chi connectivity index (χ1n) is 7.17. The number of nitrogens with zero attached hydrogens (tertiary/aromatic N) is 4. The Balaban J connectivity index is 1.63. The number of nitrogens with one attached hydrogen (secondary N) is 1. The summed E-state index contributed by atoms with van der Waals surface area (Å²) in [5.74, 6) is 0.0652. The predicted molar refractivity (Wildman–Crippen MR) is 78.9 cm³/mol. The molecule has 7 heteroatoms. The van der Waals surface area contributed by atoms with E-state index in [-0.39, 0.29) is 17.6 Å². The van der Waals surface area contributed by atoms with Crippen molar-refractivity contribution in [2.24, 2.45) is 0 Å². The molecule has 1 saturated heterocycles. The van der Waals surface area contributed by atoms with Gasteiger partial charge in [-0.1, -0.05) is 0 Å². The van der Waals surface area contributed by atoms with Crippen molar-refractivity contribution < 1.29 is 9.18 Å². The van der Waals surface area contributed by atoms with Crippen molar-refractivity contribution >= 4 is 11.7 Å². The molecule has 0 unspecified atom stereocenters. The fourth-order valence-corrected chi connectivity index (χ4v) is 2.53. The van der Waals surface area contributed by atoms with Gasteiger partial charge in [0.1, 0.15) is 11.5 Å². The fraction of sp³-hybridized carbons (Fsp3) is 0.333. The van der Waals surface area contributed by atoms with Crippen LogP contribution in [-0.4, -0.2) is 40.2 Å². The van der Waals surface area contributed by atoms with Crippen LogP contribution in [0.3, 0.4) is 0 Å². The molecule has 1 amide bonds. The summed E-state index contributed by atoms with van der Waals surface area (Å²) in [5, 5.41) is 10.9. The SMILES string of the molecule is O=C(N[C@@H]1CCCN(c2cccnn2)C1)c1ccc(F)cn1. The van der Waals surface area contributed by atoms with Crippen LogP contribution in [0.1, 0.15) is 23.3 Å². The smallest absolute Gasteiger partial charge is 0.270 e. The van der Waals surface area contributed by atoms with Gasteiger partial charge in [-0.05, 0) is 37.1 Å². The number of pyridine rings is 1. The van der Waals surface area contributed by atoms with Crippen LogP contribution in [0.4, 0.5) is 10.2 Å². The van der Waals surface area contributed by atoms with Crippen molar-refractivity contribution in [1.82, 2.24) is 20.5 Å². The molecular formula is C15H16FN5O. The average Bonchev–Trinajstić information content (AvgIpc) is 2.56. The largest absolute Gasteiger partial charge is 0.353 e. The third-order valence-corrected chi connectivity index (χ3v) is 3.60. The zero-order valence-electron chi connectivity index (χ0n) is 11.9. The van der Waals surface area contributed by atoms with Crippen LogP contribution < -0.4 is 10.2 Å². The van der Waals surface area contributed by atoms with Crippen LogP contribution in [0.25, 0.3) is 0 Å². The Morgan fingerprint density at radius 3 is 3.00 bits per heavy atom. The standard InChI is InChI=1S/C15H16FN5O/c16-11-5-6-13(17-9-11)15(22)19-12-3-2-8-21(10-12)14-4-1-7-18-20-14/h1,4-7,9,12H,2-3,8,10H2,(H,19,22)/t12-/m1/s1. The summed E-state index contributed by atoms with van der Waals surface area (Å²) in [7, 11) is 0. The molecule has 0 radical (unpaired) electrons. The Morgan fingerprint density at radius 2 is 2.27 bits per heavy atom. The first kappa shape index (κ1) is 14.4. The van der Waals surface area contributed by atoms with E-state index in [0.717, 1.165) is 31.4 Å². The van der Waals surface area contributed by atoms with Gasteiger partial charge in [0.2, 0.25) is 0 Å². The van der Waals surface area contributed by atoms with Crippen LogP contribution in [-0.2, 0) is 0 Å². The maximum atomic E-state index is 12.8. The molecule has 1 aliphatic heterocycles. The van der Waals surface area contributed by atoms with Gasteiger partial charge in [-0.25, -0.2) is 9.37 Å². The third-order valence-electron chi connectivity index (χ3n) is 3.60. The van der Waals surface area contributed by atoms with Gasteiger partial charge in [-0.3, -0.25) is 4.79 Å². The Morgan fingerprint density at radius 1 is 1.36 bits per heavy atom. The minimum Gasteiger partial charge on any atom is -0.353 e. The molecule has 0 aliphatic carbocycles. The molecule has 0 spiro atoms. The highest BCUT2D eigenvalue weighted by Crippen LogP contribution is 2.16. The first-order chi connectivity index (χ1) is 10.7. The maximum absolute atomic E-state index is 12.8. The highest BCUT2D eigenvalue weighted by Gasteiger charge is 2.23. The lowest BCUT2D eigenvalue weighted by atomic mass is 10.1. The van der Waals surface area contributed by atoms with Gasteiger partial charge in [0.15, 0.2) is 5.82 Å². The summed E-state index contributed by atoms with van der Waals surface area (Å²) in [6.07, 6.45) is 4.52. The molecule has 1 aliphatic rings. The molecule has 1 atom stereocenters. The number of piperidine rings is 1. The van der Waals surface area contributed by atoms with Crippen molar-refractivity contribution in [2.45, 2.75) is 18.9 Å². The van der Waals surface area contributed by atoms with Crippen molar-refractivity contribution in [1.29, 1.82) is 0 Å². The van der Waals surface area contributed by atoms with Gasteiger partial charge in [0.05, 0.1) is 6.20 Å². The lowest BCUT2D eigenvalue weighted by molar-refractivity contribution is 0.0928. The number of carbonyl (C=O) groups is 1. The van der Waals surface area contributed by atoms with E-state index < -0.39 is 5.82 Å². The number of aromatic nitrogens is 3. The Bertz CT molecular complexity index is 634. The minimum absolute atomic E-state index is 0.00936. The minimum atomic E-state index is -0.456.